The van der Waals surface area contributed by atoms with Crippen molar-refractivity contribution in [1.29, 1.82) is 0 Å². The molecule has 0 aliphatic carbocycles. The molecule has 0 unspecified atom stereocenters. The third-order valence-corrected chi connectivity index (χ3v) is 1.50. The largest absolute Gasteiger partial charge is 0.479 e. The number of rotatable bonds is 3. The van der Waals surface area contributed by atoms with Crippen molar-refractivity contribution in [3.8, 4) is 0 Å². The highest BCUT2D eigenvalue weighted by molar-refractivity contribution is 5.76. The molecule has 3 heteroatoms. The van der Waals surface area contributed by atoms with Gasteiger partial charge in [0.05, 0.1) is 0 Å². The van der Waals surface area contributed by atoms with Gasteiger partial charge in [0, 0.05) is 0 Å². The number of carboxylic acids is 1. The van der Waals surface area contributed by atoms with Crippen molar-refractivity contribution in [3.63, 3.8) is 0 Å². The predicted octanol–water partition coefficient (Wildman–Crippen LogP) is 1.60. The minimum absolute atomic E-state index is 0.0405. The first-order valence-electron chi connectivity index (χ1n) is 2.99. The van der Waals surface area contributed by atoms with Crippen molar-refractivity contribution in [2.24, 2.45) is 0 Å². The molecule has 0 heterocycles. The molecular weight excluding hydrogens is 123 g/mol. The molecule has 0 saturated carbocycles. The van der Waals surface area contributed by atoms with Gasteiger partial charge in [0.1, 0.15) is 0 Å². The molecule has 0 aromatic carbocycles. The molecule has 0 aliphatic rings. The molecule has 0 rings (SSSR count). The first kappa shape index (κ1) is 8.40. The van der Waals surface area contributed by atoms with E-state index in [1.54, 1.807) is 0 Å². The Hall–Kier alpha value is -0.600. The molecule has 2 nitrogen and oxygen atoms in total. The normalized spacial score (nSPS) is 11.4. The summed E-state index contributed by atoms with van der Waals surface area (Å²) in [6.45, 7) is 3.05. The second-order valence-electron chi connectivity index (χ2n) is 1.98. The quantitative estimate of drug-likeness (QED) is 0.636. The van der Waals surface area contributed by atoms with Crippen LogP contribution in [-0.2, 0) is 4.79 Å². The van der Waals surface area contributed by atoms with Gasteiger partial charge in [0.25, 0.3) is 0 Å². The number of hydrogen-bond donors (Lipinski definition) is 1. The first-order chi connectivity index (χ1) is 4.06. The van der Waals surface area contributed by atoms with E-state index >= 15 is 0 Å². The fraction of sp³-hybridized carbons (Fsp3) is 0.833. The number of carboxylic acid groups (broad SMARTS) is 1. The van der Waals surface area contributed by atoms with Gasteiger partial charge in [0.2, 0.25) is 5.67 Å². The Morgan fingerprint density at radius 2 is 1.89 bits per heavy atom. The van der Waals surface area contributed by atoms with Crippen LogP contribution in [0.5, 0.6) is 0 Å². The number of alkyl halides is 1. The van der Waals surface area contributed by atoms with Crippen LogP contribution < -0.4 is 0 Å². The van der Waals surface area contributed by atoms with Gasteiger partial charge in [-0.25, -0.2) is 9.18 Å². The highest BCUT2D eigenvalue weighted by atomic mass is 19.1. The van der Waals surface area contributed by atoms with Crippen LogP contribution in [0.4, 0.5) is 4.39 Å². The zero-order valence-corrected chi connectivity index (χ0v) is 5.65. The Morgan fingerprint density at radius 1 is 1.56 bits per heavy atom. The molecule has 0 amide bonds. The van der Waals surface area contributed by atoms with Gasteiger partial charge in [-0.2, -0.15) is 0 Å². The summed E-state index contributed by atoms with van der Waals surface area (Å²) < 4.78 is 12.8. The van der Waals surface area contributed by atoms with Crippen molar-refractivity contribution in [2.75, 3.05) is 0 Å². The highest BCUT2D eigenvalue weighted by Crippen LogP contribution is 2.19. The molecule has 0 aliphatic heterocycles. The lowest BCUT2D eigenvalue weighted by Crippen LogP contribution is -2.31. The third-order valence-electron chi connectivity index (χ3n) is 1.50. The highest BCUT2D eigenvalue weighted by Gasteiger charge is 2.33. The minimum atomic E-state index is -2.00. The van der Waals surface area contributed by atoms with Gasteiger partial charge in [0.15, 0.2) is 0 Å². The summed E-state index contributed by atoms with van der Waals surface area (Å²) >= 11 is 0. The van der Waals surface area contributed by atoms with Gasteiger partial charge in [-0.1, -0.05) is 13.8 Å². The van der Waals surface area contributed by atoms with E-state index in [-0.39, 0.29) is 12.8 Å². The van der Waals surface area contributed by atoms with Crippen molar-refractivity contribution in [3.05, 3.63) is 0 Å². The third kappa shape index (κ3) is 1.66. The maximum absolute atomic E-state index is 12.8. The van der Waals surface area contributed by atoms with Crippen LogP contribution in [-0.4, -0.2) is 16.7 Å². The van der Waals surface area contributed by atoms with Gasteiger partial charge < -0.3 is 5.11 Å². The van der Waals surface area contributed by atoms with Crippen molar-refractivity contribution in [2.45, 2.75) is 32.4 Å². The zero-order valence-electron chi connectivity index (χ0n) is 5.65. The molecule has 0 aromatic rings. The lowest BCUT2D eigenvalue weighted by Gasteiger charge is -2.14. The summed E-state index contributed by atoms with van der Waals surface area (Å²) in [4.78, 5) is 10.1. The van der Waals surface area contributed by atoms with Crippen molar-refractivity contribution in [1.82, 2.24) is 0 Å². The number of halogens is 1. The Labute approximate surface area is 53.7 Å². The summed E-state index contributed by atoms with van der Waals surface area (Å²) in [5.74, 6) is -1.35. The molecule has 0 aromatic heterocycles. The van der Waals surface area contributed by atoms with E-state index in [1.165, 1.54) is 13.8 Å². The van der Waals surface area contributed by atoms with E-state index in [1.807, 2.05) is 0 Å². The van der Waals surface area contributed by atoms with Crippen LogP contribution in [0.15, 0.2) is 0 Å². The molecule has 54 valence electrons. The van der Waals surface area contributed by atoms with Crippen LogP contribution in [0.3, 0.4) is 0 Å². The predicted molar refractivity (Wildman–Crippen MR) is 32.1 cm³/mol. The smallest absolute Gasteiger partial charge is 0.341 e. The standard InChI is InChI=1S/C6H11FO2/c1-3-6(7,4-2)5(8)9/h3-4H2,1-2H3,(H,8,9). The summed E-state index contributed by atoms with van der Waals surface area (Å²) in [5.41, 5.74) is -2.00. The topological polar surface area (TPSA) is 37.3 Å². The summed E-state index contributed by atoms with van der Waals surface area (Å²) in [5, 5.41) is 8.26. The number of hydrogen-bond acceptors (Lipinski definition) is 1. The van der Waals surface area contributed by atoms with Gasteiger partial charge >= 0.3 is 5.97 Å². The van der Waals surface area contributed by atoms with Crippen LogP contribution in [0.25, 0.3) is 0 Å². The second kappa shape index (κ2) is 2.80. The van der Waals surface area contributed by atoms with Gasteiger partial charge in [-0.15, -0.1) is 0 Å². The molecule has 0 bridgehead atoms. The van der Waals surface area contributed by atoms with Crippen LogP contribution >= 0.6 is 0 Å². The first-order valence-corrected chi connectivity index (χ1v) is 2.99. The summed E-state index contributed by atoms with van der Waals surface area (Å²) in [6.07, 6.45) is 0.0810. The maximum Gasteiger partial charge on any atom is 0.341 e. The average molecular weight is 134 g/mol. The molecule has 9 heavy (non-hydrogen) atoms. The summed E-state index contributed by atoms with van der Waals surface area (Å²) in [6, 6.07) is 0. The number of aliphatic carboxylic acids is 1. The van der Waals surface area contributed by atoms with Gasteiger partial charge in [-0.05, 0) is 12.8 Å². The van der Waals surface area contributed by atoms with E-state index < -0.39 is 11.6 Å². The molecule has 1 N–H and O–H groups in total. The molecule has 0 saturated heterocycles. The van der Waals surface area contributed by atoms with E-state index in [0.29, 0.717) is 0 Å². The fourth-order valence-electron chi connectivity index (χ4n) is 0.552. The molecule has 0 spiro atoms. The lowest BCUT2D eigenvalue weighted by atomic mass is 10.0. The lowest BCUT2D eigenvalue weighted by molar-refractivity contribution is -0.151. The monoisotopic (exact) mass is 134 g/mol. The Balaban J connectivity index is 4.09. The van der Waals surface area contributed by atoms with E-state index in [9.17, 15) is 9.18 Å². The zero-order chi connectivity index (χ0) is 7.49. The second-order valence-corrected chi connectivity index (χ2v) is 1.98. The number of carbonyl (C=O) groups is 1. The Kier molecular flexibility index (Phi) is 2.62. The fourth-order valence-corrected chi connectivity index (χ4v) is 0.552. The van der Waals surface area contributed by atoms with E-state index in [0.717, 1.165) is 0 Å². The average Bonchev–Trinajstić information content (AvgIpc) is 1.86. The summed E-state index contributed by atoms with van der Waals surface area (Å²) in [7, 11) is 0. The van der Waals surface area contributed by atoms with Crippen LogP contribution in [0.2, 0.25) is 0 Å². The van der Waals surface area contributed by atoms with Crippen molar-refractivity contribution < 1.29 is 14.3 Å². The van der Waals surface area contributed by atoms with Crippen LogP contribution in [0, 0.1) is 0 Å². The van der Waals surface area contributed by atoms with Crippen LogP contribution in [0.1, 0.15) is 26.7 Å². The Morgan fingerprint density at radius 3 is 1.89 bits per heavy atom. The van der Waals surface area contributed by atoms with Crippen molar-refractivity contribution >= 4 is 5.97 Å². The minimum Gasteiger partial charge on any atom is -0.479 e. The SMILES string of the molecule is CCC(F)(CC)C(=O)O. The molecule has 0 radical (unpaired) electrons. The van der Waals surface area contributed by atoms with Gasteiger partial charge in [-0.3, -0.25) is 0 Å². The maximum atomic E-state index is 12.8. The molecular formula is C6H11FO2. The van der Waals surface area contributed by atoms with E-state index in [2.05, 4.69) is 0 Å². The van der Waals surface area contributed by atoms with E-state index in [4.69, 9.17) is 5.11 Å². The molecule has 0 fully saturated rings. The Bertz CT molecular complexity index is 108. The molecule has 0 atom stereocenters.